The molecule has 5 heteroatoms. The maximum absolute atomic E-state index is 6.09. The number of hydrogen-bond acceptors (Lipinski definition) is 3. The van der Waals surface area contributed by atoms with Gasteiger partial charge in [0.1, 0.15) is 0 Å². The van der Waals surface area contributed by atoms with Crippen LogP contribution >= 0.6 is 56.9 Å². The number of nitrogens with one attached hydrogen (secondary N) is 1. The Bertz CT molecular complexity index is 693. The number of benzene rings is 1. The van der Waals surface area contributed by atoms with Gasteiger partial charge in [0.2, 0.25) is 0 Å². The molecule has 0 fully saturated rings. The Kier molecular flexibility index (Phi) is 4.65. The SMILES string of the molecule is Clc1ccc(C(Nc2ccccc2I)c2cccs2)s1. The van der Waals surface area contributed by atoms with Crippen molar-refractivity contribution in [2.45, 2.75) is 6.04 Å². The standard InChI is InChI=1S/C15H11ClINS2/c16-14-8-7-13(20-14)15(12-6-3-9-19-12)18-11-5-2-1-4-10(11)17/h1-9,15,18H. The van der Waals surface area contributed by atoms with E-state index in [1.54, 1.807) is 22.7 Å². The van der Waals surface area contributed by atoms with Crippen molar-refractivity contribution in [3.05, 3.63) is 71.6 Å². The molecule has 0 spiro atoms. The molecule has 0 aliphatic rings. The van der Waals surface area contributed by atoms with Gasteiger partial charge in [-0.2, -0.15) is 0 Å². The van der Waals surface area contributed by atoms with Gasteiger partial charge < -0.3 is 5.32 Å². The average Bonchev–Trinajstić information content (AvgIpc) is 3.09. The van der Waals surface area contributed by atoms with Crippen LogP contribution in [0.3, 0.4) is 0 Å². The van der Waals surface area contributed by atoms with Gasteiger partial charge in [-0.3, -0.25) is 0 Å². The third kappa shape index (κ3) is 3.19. The van der Waals surface area contributed by atoms with Crippen LogP contribution in [0, 0.1) is 3.57 Å². The fraction of sp³-hybridized carbons (Fsp3) is 0.0667. The van der Waals surface area contributed by atoms with Crippen molar-refractivity contribution in [3.63, 3.8) is 0 Å². The van der Waals surface area contributed by atoms with Gasteiger partial charge in [-0.1, -0.05) is 29.8 Å². The van der Waals surface area contributed by atoms with Crippen LogP contribution in [0.1, 0.15) is 15.8 Å². The second-order valence-electron chi connectivity index (χ2n) is 4.21. The second kappa shape index (κ2) is 6.47. The summed E-state index contributed by atoms with van der Waals surface area (Å²) in [6.45, 7) is 0. The summed E-state index contributed by atoms with van der Waals surface area (Å²) in [5.74, 6) is 0. The van der Waals surface area contributed by atoms with Gasteiger partial charge in [0, 0.05) is 19.0 Å². The average molecular weight is 432 g/mol. The number of rotatable bonds is 4. The Morgan fingerprint density at radius 2 is 1.85 bits per heavy atom. The van der Waals surface area contributed by atoms with Gasteiger partial charge in [0.05, 0.1) is 10.4 Å². The Hall–Kier alpha value is -0.560. The Labute approximate surface area is 144 Å². The molecule has 0 radical (unpaired) electrons. The van der Waals surface area contributed by atoms with E-state index in [1.807, 2.05) is 6.07 Å². The highest BCUT2D eigenvalue weighted by Gasteiger charge is 2.18. The molecule has 3 rings (SSSR count). The summed E-state index contributed by atoms with van der Waals surface area (Å²) in [6.07, 6.45) is 0. The molecule has 0 saturated heterocycles. The summed E-state index contributed by atoms with van der Waals surface area (Å²) in [7, 11) is 0. The maximum atomic E-state index is 6.09. The molecule has 0 saturated carbocycles. The van der Waals surface area contributed by atoms with E-state index in [0.717, 1.165) is 10.0 Å². The lowest BCUT2D eigenvalue weighted by Gasteiger charge is -2.18. The Morgan fingerprint density at radius 3 is 2.50 bits per heavy atom. The van der Waals surface area contributed by atoms with Gasteiger partial charge in [-0.25, -0.2) is 0 Å². The van der Waals surface area contributed by atoms with Gasteiger partial charge in [0.15, 0.2) is 0 Å². The molecule has 1 aromatic carbocycles. The predicted octanol–water partition coefficient (Wildman–Crippen LogP) is 6.27. The lowest BCUT2D eigenvalue weighted by molar-refractivity contribution is 0.991. The summed E-state index contributed by atoms with van der Waals surface area (Å²) in [4.78, 5) is 2.53. The zero-order valence-electron chi connectivity index (χ0n) is 10.3. The highest BCUT2D eigenvalue weighted by Crippen LogP contribution is 2.36. The summed E-state index contributed by atoms with van der Waals surface area (Å²) in [5, 5.41) is 5.74. The molecule has 2 aromatic heterocycles. The van der Waals surface area contributed by atoms with E-state index >= 15 is 0 Å². The second-order valence-corrected chi connectivity index (χ2v) is 8.10. The molecule has 1 N–H and O–H groups in total. The predicted molar refractivity (Wildman–Crippen MR) is 98.3 cm³/mol. The molecule has 102 valence electrons. The van der Waals surface area contributed by atoms with Crippen molar-refractivity contribution in [2.24, 2.45) is 0 Å². The van der Waals surface area contributed by atoms with E-state index in [2.05, 4.69) is 75.8 Å². The van der Waals surface area contributed by atoms with Crippen LogP contribution < -0.4 is 5.32 Å². The summed E-state index contributed by atoms with van der Waals surface area (Å²) in [6, 6.07) is 16.8. The minimum Gasteiger partial charge on any atom is -0.372 e. The number of hydrogen-bond donors (Lipinski definition) is 1. The van der Waals surface area contributed by atoms with Crippen molar-refractivity contribution in [2.75, 3.05) is 5.32 Å². The first kappa shape index (κ1) is 14.4. The van der Waals surface area contributed by atoms with Crippen molar-refractivity contribution < 1.29 is 0 Å². The van der Waals surface area contributed by atoms with Crippen molar-refractivity contribution in [3.8, 4) is 0 Å². The third-order valence-corrected chi connectivity index (χ3v) is 6.05. The normalized spacial score (nSPS) is 12.3. The molecular formula is C15H11ClINS2. The summed E-state index contributed by atoms with van der Waals surface area (Å²) in [5.41, 5.74) is 1.15. The quantitative estimate of drug-likeness (QED) is 0.480. The first-order chi connectivity index (χ1) is 9.74. The largest absolute Gasteiger partial charge is 0.372 e. The fourth-order valence-electron chi connectivity index (χ4n) is 1.96. The van der Waals surface area contributed by atoms with Crippen molar-refractivity contribution in [1.82, 2.24) is 0 Å². The number of anilines is 1. The monoisotopic (exact) mass is 431 g/mol. The van der Waals surface area contributed by atoms with Crippen LogP contribution in [0.2, 0.25) is 4.34 Å². The lowest BCUT2D eigenvalue weighted by atomic mass is 10.2. The molecule has 0 aliphatic carbocycles. The number of halogens is 2. The van der Waals surface area contributed by atoms with E-state index in [9.17, 15) is 0 Å². The highest BCUT2D eigenvalue weighted by molar-refractivity contribution is 14.1. The van der Waals surface area contributed by atoms with Crippen LogP contribution in [0.25, 0.3) is 0 Å². The molecule has 1 unspecified atom stereocenters. The minimum atomic E-state index is 0.156. The molecular weight excluding hydrogens is 421 g/mol. The van der Waals surface area contributed by atoms with Crippen LogP contribution in [-0.4, -0.2) is 0 Å². The van der Waals surface area contributed by atoms with E-state index in [4.69, 9.17) is 11.6 Å². The Morgan fingerprint density at radius 1 is 1.00 bits per heavy atom. The van der Waals surface area contributed by atoms with Crippen LogP contribution in [-0.2, 0) is 0 Å². The van der Waals surface area contributed by atoms with Crippen LogP contribution in [0.4, 0.5) is 5.69 Å². The smallest absolute Gasteiger partial charge is 0.0954 e. The van der Waals surface area contributed by atoms with E-state index in [0.29, 0.717) is 0 Å². The van der Waals surface area contributed by atoms with Crippen molar-refractivity contribution >= 4 is 62.6 Å². The Balaban J connectivity index is 1.97. The number of thiophene rings is 2. The van der Waals surface area contributed by atoms with E-state index in [1.165, 1.54) is 13.3 Å². The third-order valence-electron chi connectivity index (χ3n) is 2.88. The maximum Gasteiger partial charge on any atom is 0.0954 e. The summed E-state index contributed by atoms with van der Waals surface area (Å²) >= 11 is 11.8. The number of para-hydroxylation sites is 1. The highest BCUT2D eigenvalue weighted by atomic mass is 127. The first-order valence-electron chi connectivity index (χ1n) is 6.04. The van der Waals surface area contributed by atoms with Gasteiger partial charge >= 0.3 is 0 Å². The van der Waals surface area contributed by atoms with Gasteiger partial charge in [-0.15, -0.1) is 22.7 Å². The van der Waals surface area contributed by atoms with E-state index < -0.39 is 0 Å². The minimum absolute atomic E-state index is 0.156. The zero-order chi connectivity index (χ0) is 13.9. The molecule has 2 heterocycles. The zero-order valence-corrected chi connectivity index (χ0v) is 14.9. The molecule has 0 aliphatic heterocycles. The lowest BCUT2D eigenvalue weighted by Crippen LogP contribution is -2.10. The molecule has 0 bridgehead atoms. The van der Waals surface area contributed by atoms with Crippen LogP contribution in [0.15, 0.2) is 53.9 Å². The van der Waals surface area contributed by atoms with Crippen molar-refractivity contribution in [1.29, 1.82) is 0 Å². The van der Waals surface area contributed by atoms with Gasteiger partial charge in [-0.05, 0) is 58.3 Å². The van der Waals surface area contributed by atoms with Crippen LogP contribution in [0.5, 0.6) is 0 Å². The topological polar surface area (TPSA) is 12.0 Å². The molecule has 0 amide bonds. The molecule has 1 nitrogen and oxygen atoms in total. The molecule has 1 atom stereocenters. The van der Waals surface area contributed by atoms with E-state index in [-0.39, 0.29) is 6.04 Å². The fourth-order valence-corrected chi connectivity index (χ4v) is 4.50. The summed E-state index contributed by atoms with van der Waals surface area (Å²) < 4.78 is 2.04. The molecule has 20 heavy (non-hydrogen) atoms. The molecule has 3 aromatic rings. The first-order valence-corrected chi connectivity index (χ1v) is 9.19. The van der Waals surface area contributed by atoms with Gasteiger partial charge in [0.25, 0.3) is 0 Å².